The fraction of sp³-hybridized carbons (Fsp3) is 0.692. The van der Waals surface area contributed by atoms with Crippen molar-refractivity contribution in [2.45, 2.75) is 43.0 Å². The number of amides is 1. The molecule has 1 unspecified atom stereocenters. The molecule has 1 aromatic heterocycles. The summed E-state index contributed by atoms with van der Waals surface area (Å²) in [6.45, 7) is 0.958. The van der Waals surface area contributed by atoms with E-state index >= 15 is 0 Å². The summed E-state index contributed by atoms with van der Waals surface area (Å²) in [6.07, 6.45) is 7.58. The number of nitrogens with zero attached hydrogens (tertiary/aromatic N) is 2. The van der Waals surface area contributed by atoms with Gasteiger partial charge in [0, 0.05) is 31.7 Å². The van der Waals surface area contributed by atoms with Gasteiger partial charge in [-0.15, -0.1) is 0 Å². The maximum absolute atomic E-state index is 12.1. The molecule has 2 aliphatic rings. The van der Waals surface area contributed by atoms with Crippen LogP contribution in [0.25, 0.3) is 0 Å². The lowest BCUT2D eigenvalue weighted by molar-refractivity contribution is -0.129. The lowest BCUT2D eigenvalue weighted by atomic mass is 10.1. The standard InChI is InChI=1S/C13H20N4O3S/c18-13-5-10(9-17(13)11-3-1-2-4-11)6-16-21(19,20)12-7-14-15-8-12/h7-8,10-11,16H,1-6,9H2,(H,14,15). The second-order valence-corrected chi connectivity index (χ2v) is 7.61. The lowest BCUT2D eigenvalue weighted by Gasteiger charge is -2.24. The summed E-state index contributed by atoms with van der Waals surface area (Å²) in [4.78, 5) is 14.1. The summed E-state index contributed by atoms with van der Waals surface area (Å²) in [5.41, 5.74) is 0. The maximum Gasteiger partial charge on any atom is 0.243 e. The Morgan fingerprint density at radius 3 is 2.81 bits per heavy atom. The van der Waals surface area contributed by atoms with Gasteiger partial charge in [-0.3, -0.25) is 9.89 Å². The van der Waals surface area contributed by atoms with E-state index in [0.717, 1.165) is 12.8 Å². The van der Waals surface area contributed by atoms with Crippen molar-refractivity contribution in [1.29, 1.82) is 0 Å². The third-order valence-corrected chi connectivity index (χ3v) is 5.74. The quantitative estimate of drug-likeness (QED) is 0.826. The van der Waals surface area contributed by atoms with Gasteiger partial charge in [0.2, 0.25) is 15.9 Å². The number of likely N-dealkylation sites (tertiary alicyclic amines) is 1. The van der Waals surface area contributed by atoms with E-state index in [0.29, 0.717) is 25.6 Å². The zero-order valence-corrected chi connectivity index (χ0v) is 12.6. The molecule has 0 radical (unpaired) electrons. The van der Waals surface area contributed by atoms with Gasteiger partial charge >= 0.3 is 0 Å². The Kier molecular flexibility index (Phi) is 3.99. The number of rotatable bonds is 5. The molecule has 2 fully saturated rings. The van der Waals surface area contributed by atoms with Crippen LogP contribution >= 0.6 is 0 Å². The lowest BCUT2D eigenvalue weighted by Crippen LogP contribution is -2.36. The molecule has 0 spiro atoms. The first-order valence-corrected chi connectivity index (χ1v) is 8.82. The number of nitrogens with one attached hydrogen (secondary N) is 2. The van der Waals surface area contributed by atoms with Crippen LogP contribution in [0.4, 0.5) is 0 Å². The molecule has 1 aliphatic heterocycles. The molecule has 1 saturated carbocycles. The zero-order chi connectivity index (χ0) is 14.9. The Morgan fingerprint density at radius 1 is 1.38 bits per heavy atom. The molecule has 3 rings (SSSR count). The van der Waals surface area contributed by atoms with E-state index < -0.39 is 10.0 Å². The van der Waals surface area contributed by atoms with Crippen LogP contribution in [-0.4, -0.2) is 48.6 Å². The van der Waals surface area contributed by atoms with Crippen molar-refractivity contribution in [2.24, 2.45) is 5.92 Å². The minimum atomic E-state index is -3.53. The first kappa shape index (κ1) is 14.5. The van der Waals surface area contributed by atoms with Crippen LogP contribution < -0.4 is 4.72 Å². The fourth-order valence-corrected chi connectivity index (χ4v) is 4.23. The number of hydrogen-bond donors (Lipinski definition) is 2. The van der Waals surface area contributed by atoms with Crippen molar-refractivity contribution in [3.05, 3.63) is 12.4 Å². The van der Waals surface area contributed by atoms with Gasteiger partial charge in [0.1, 0.15) is 4.90 Å². The van der Waals surface area contributed by atoms with E-state index in [9.17, 15) is 13.2 Å². The van der Waals surface area contributed by atoms with E-state index in [4.69, 9.17) is 0 Å². The van der Waals surface area contributed by atoms with E-state index in [1.807, 2.05) is 4.90 Å². The van der Waals surface area contributed by atoms with Gasteiger partial charge in [-0.05, 0) is 18.8 Å². The van der Waals surface area contributed by atoms with Crippen LogP contribution in [0.15, 0.2) is 17.3 Å². The van der Waals surface area contributed by atoms with E-state index in [1.54, 1.807) is 0 Å². The average Bonchev–Trinajstić information content (AvgIpc) is 3.18. The summed E-state index contributed by atoms with van der Waals surface area (Å²) in [6, 6.07) is 0.369. The first-order valence-electron chi connectivity index (χ1n) is 7.34. The molecule has 0 bridgehead atoms. The Morgan fingerprint density at radius 2 is 2.14 bits per heavy atom. The summed E-state index contributed by atoms with van der Waals surface area (Å²) in [7, 11) is -3.53. The highest BCUT2D eigenvalue weighted by atomic mass is 32.2. The SMILES string of the molecule is O=C1CC(CNS(=O)(=O)c2cn[nH]c2)CN1C1CCCC1. The largest absolute Gasteiger partial charge is 0.339 e. The molecular formula is C13H20N4O3S. The van der Waals surface area contributed by atoms with Crippen LogP contribution in [0.1, 0.15) is 32.1 Å². The monoisotopic (exact) mass is 312 g/mol. The fourth-order valence-electron chi connectivity index (χ4n) is 3.21. The van der Waals surface area contributed by atoms with Gasteiger partial charge in [0.05, 0.1) is 6.20 Å². The average molecular weight is 312 g/mol. The van der Waals surface area contributed by atoms with Crippen LogP contribution in [-0.2, 0) is 14.8 Å². The molecule has 0 aromatic carbocycles. The molecule has 7 nitrogen and oxygen atoms in total. The first-order chi connectivity index (χ1) is 10.1. The summed E-state index contributed by atoms with van der Waals surface area (Å²) in [5.74, 6) is 0.217. The molecule has 1 aliphatic carbocycles. The number of hydrogen-bond acceptors (Lipinski definition) is 4. The molecule has 1 amide bonds. The Hall–Kier alpha value is -1.41. The molecule has 8 heteroatoms. The second-order valence-electron chi connectivity index (χ2n) is 5.84. The number of sulfonamides is 1. The molecule has 2 N–H and O–H groups in total. The summed E-state index contributed by atoms with van der Waals surface area (Å²) in [5, 5.41) is 6.12. The third kappa shape index (κ3) is 3.11. The second kappa shape index (κ2) is 5.76. The van der Waals surface area contributed by atoms with Crippen molar-refractivity contribution in [2.75, 3.05) is 13.1 Å². The van der Waals surface area contributed by atoms with Gasteiger partial charge in [-0.2, -0.15) is 5.10 Å². The smallest absolute Gasteiger partial charge is 0.243 e. The van der Waals surface area contributed by atoms with E-state index in [2.05, 4.69) is 14.9 Å². The van der Waals surface area contributed by atoms with E-state index in [-0.39, 0.29) is 16.7 Å². The normalized spacial score (nSPS) is 24.1. The van der Waals surface area contributed by atoms with Gasteiger partial charge in [0.15, 0.2) is 0 Å². The van der Waals surface area contributed by atoms with Gasteiger partial charge in [-0.1, -0.05) is 12.8 Å². The molecular weight excluding hydrogens is 292 g/mol. The van der Waals surface area contributed by atoms with Crippen LogP contribution in [0, 0.1) is 5.92 Å². The maximum atomic E-state index is 12.1. The molecule has 116 valence electrons. The van der Waals surface area contributed by atoms with Crippen molar-refractivity contribution in [3.63, 3.8) is 0 Å². The number of H-pyrrole nitrogens is 1. The molecule has 1 aromatic rings. The molecule has 1 saturated heterocycles. The Bertz CT molecular complexity index is 593. The minimum absolute atomic E-state index is 0.0553. The summed E-state index contributed by atoms with van der Waals surface area (Å²) >= 11 is 0. The van der Waals surface area contributed by atoms with Crippen LogP contribution in [0.2, 0.25) is 0 Å². The number of carbonyl (C=O) groups excluding carboxylic acids is 1. The topological polar surface area (TPSA) is 95.2 Å². The van der Waals surface area contributed by atoms with Gasteiger partial charge in [0.25, 0.3) is 0 Å². The Balaban J connectivity index is 1.56. The number of aromatic amines is 1. The highest BCUT2D eigenvalue weighted by Gasteiger charge is 2.35. The Labute approximate surface area is 124 Å². The summed E-state index contributed by atoms with van der Waals surface area (Å²) < 4.78 is 26.6. The molecule has 21 heavy (non-hydrogen) atoms. The third-order valence-electron chi connectivity index (χ3n) is 4.35. The van der Waals surface area contributed by atoms with Crippen molar-refractivity contribution in [3.8, 4) is 0 Å². The van der Waals surface area contributed by atoms with Gasteiger partial charge in [-0.25, -0.2) is 13.1 Å². The highest BCUT2D eigenvalue weighted by molar-refractivity contribution is 7.89. The van der Waals surface area contributed by atoms with Crippen molar-refractivity contribution in [1.82, 2.24) is 19.8 Å². The number of carbonyl (C=O) groups is 1. The highest BCUT2D eigenvalue weighted by Crippen LogP contribution is 2.29. The minimum Gasteiger partial charge on any atom is -0.339 e. The predicted molar refractivity (Wildman–Crippen MR) is 75.9 cm³/mol. The van der Waals surface area contributed by atoms with Crippen molar-refractivity contribution >= 4 is 15.9 Å². The van der Waals surface area contributed by atoms with E-state index in [1.165, 1.54) is 25.2 Å². The number of aromatic nitrogens is 2. The van der Waals surface area contributed by atoms with Gasteiger partial charge < -0.3 is 4.90 Å². The van der Waals surface area contributed by atoms with Crippen molar-refractivity contribution < 1.29 is 13.2 Å². The molecule has 1 atom stereocenters. The molecule has 2 heterocycles. The van der Waals surface area contributed by atoms with Crippen LogP contribution in [0.3, 0.4) is 0 Å². The zero-order valence-electron chi connectivity index (χ0n) is 11.8. The predicted octanol–water partition coefficient (Wildman–Crippen LogP) is 0.479. The van der Waals surface area contributed by atoms with Crippen LogP contribution in [0.5, 0.6) is 0 Å².